The topological polar surface area (TPSA) is 20.2 Å². The molecule has 0 saturated carbocycles. The van der Waals surface area contributed by atoms with Crippen molar-refractivity contribution in [1.29, 1.82) is 0 Å². The number of aliphatic hydroxyl groups is 1. The molecule has 0 aromatic heterocycles. The maximum atomic E-state index is 9.69. The van der Waals surface area contributed by atoms with Gasteiger partial charge in [0.2, 0.25) is 0 Å². The quantitative estimate of drug-likeness (QED) is 0.472. The minimum Gasteiger partial charge on any atom is -0.508 e. The highest BCUT2D eigenvalue weighted by Crippen LogP contribution is 2.30. The summed E-state index contributed by atoms with van der Waals surface area (Å²) in [6.45, 7) is 3.64. The Labute approximate surface area is 99.6 Å². The van der Waals surface area contributed by atoms with Crippen LogP contribution in [0.15, 0.2) is 61.2 Å². The van der Waals surface area contributed by atoms with Crippen molar-refractivity contribution < 1.29 is 5.11 Å². The van der Waals surface area contributed by atoms with Crippen molar-refractivity contribution in [1.82, 2.24) is 0 Å². The number of rotatable bonds is 1. The summed E-state index contributed by atoms with van der Waals surface area (Å²) < 4.78 is 0. The average molecular weight is 220 g/mol. The highest BCUT2D eigenvalue weighted by atomic mass is 16.3. The molecule has 1 N–H and O–H groups in total. The summed E-state index contributed by atoms with van der Waals surface area (Å²) in [5.74, 6) is 0.118. The van der Waals surface area contributed by atoms with E-state index in [-0.39, 0.29) is 5.76 Å². The molecular weight excluding hydrogens is 208 g/mol. The zero-order chi connectivity index (χ0) is 11.8. The van der Waals surface area contributed by atoms with Gasteiger partial charge in [-0.05, 0) is 27.6 Å². The standard InChI is InChI=1S/C16H12O/c1-11(17)16-10-12-6-2-3-7-13(12)14-8-4-5-9-15(14)16/h2-10,17H,1H2. The Kier molecular flexibility index (Phi) is 2.12. The molecule has 0 spiro atoms. The van der Waals surface area contributed by atoms with E-state index in [9.17, 15) is 5.11 Å². The Morgan fingerprint density at radius 1 is 0.824 bits per heavy atom. The molecular formula is C16H12O. The maximum Gasteiger partial charge on any atom is 0.116 e. The van der Waals surface area contributed by atoms with Crippen molar-refractivity contribution in [3.8, 4) is 0 Å². The molecule has 0 heterocycles. The molecule has 0 unspecified atom stereocenters. The second-order valence-corrected chi connectivity index (χ2v) is 4.14. The van der Waals surface area contributed by atoms with Crippen molar-refractivity contribution in [3.05, 3.63) is 66.7 Å². The van der Waals surface area contributed by atoms with Gasteiger partial charge >= 0.3 is 0 Å². The molecule has 0 saturated heterocycles. The summed E-state index contributed by atoms with van der Waals surface area (Å²) in [4.78, 5) is 0. The van der Waals surface area contributed by atoms with Gasteiger partial charge in [-0.1, -0.05) is 55.1 Å². The van der Waals surface area contributed by atoms with E-state index in [0.29, 0.717) is 0 Å². The Morgan fingerprint density at radius 3 is 2.12 bits per heavy atom. The lowest BCUT2D eigenvalue weighted by Crippen LogP contribution is -1.86. The monoisotopic (exact) mass is 220 g/mol. The van der Waals surface area contributed by atoms with Crippen LogP contribution in [0.5, 0.6) is 0 Å². The first-order valence-corrected chi connectivity index (χ1v) is 5.56. The number of aliphatic hydroxyl groups excluding tert-OH is 1. The average Bonchev–Trinajstić information content (AvgIpc) is 2.37. The second kappa shape index (κ2) is 3.63. The Balaban J connectivity index is 2.59. The fourth-order valence-electron chi connectivity index (χ4n) is 2.29. The molecule has 17 heavy (non-hydrogen) atoms. The highest BCUT2D eigenvalue weighted by molar-refractivity contribution is 6.11. The van der Waals surface area contributed by atoms with Crippen molar-refractivity contribution >= 4 is 27.3 Å². The molecule has 3 rings (SSSR count). The minimum atomic E-state index is 0.118. The van der Waals surface area contributed by atoms with Crippen molar-refractivity contribution in [2.24, 2.45) is 0 Å². The summed E-state index contributed by atoms with van der Waals surface area (Å²) in [7, 11) is 0. The van der Waals surface area contributed by atoms with E-state index in [0.717, 1.165) is 21.7 Å². The molecule has 3 aromatic rings. The summed E-state index contributed by atoms with van der Waals surface area (Å²) in [5, 5.41) is 14.2. The van der Waals surface area contributed by atoms with Crippen LogP contribution in [-0.4, -0.2) is 5.11 Å². The van der Waals surface area contributed by atoms with Gasteiger partial charge in [0, 0.05) is 5.56 Å². The van der Waals surface area contributed by atoms with Crippen LogP contribution in [0.1, 0.15) is 5.56 Å². The number of fused-ring (bicyclic) bond motifs is 3. The smallest absolute Gasteiger partial charge is 0.116 e. The van der Waals surface area contributed by atoms with E-state index in [1.165, 1.54) is 5.39 Å². The lowest BCUT2D eigenvalue weighted by molar-refractivity contribution is 0.515. The normalized spacial score (nSPS) is 10.8. The van der Waals surface area contributed by atoms with Gasteiger partial charge in [0.1, 0.15) is 5.76 Å². The van der Waals surface area contributed by atoms with Gasteiger partial charge < -0.3 is 5.11 Å². The van der Waals surface area contributed by atoms with Crippen LogP contribution in [0.3, 0.4) is 0 Å². The van der Waals surface area contributed by atoms with Crippen LogP contribution in [-0.2, 0) is 0 Å². The summed E-state index contributed by atoms with van der Waals surface area (Å²) in [6.07, 6.45) is 0. The molecule has 0 amide bonds. The SMILES string of the molecule is C=C(O)c1cc2ccccc2c2ccccc12. The molecule has 82 valence electrons. The zero-order valence-corrected chi connectivity index (χ0v) is 9.35. The van der Waals surface area contributed by atoms with Crippen LogP contribution < -0.4 is 0 Å². The van der Waals surface area contributed by atoms with Gasteiger partial charge in [-0.25, -0.2) is 0 Å². The maximum absolute atomic E-state index is 9.69. The third kappa shape index (κ3) is 1.48. The van der Waals surface area contributed by atoms with Crippen molar-refractivity contribution in [2.45, 2.75) is 0 Å². The van der Waals surface area contributed by atoms with Crippen molar-refractivity contribution in [3.63, 3.8) is 0 Å². The Bertz CT molecular complexity index is 726. The summed E-state index contributed by atoms with van der Waals surface area (Å²) in [6, 6.07) is 18.2. The van der Waals surface area contributed by atoms with Gasteiger partial charge in [-0.15, -0.1) is 0 Å². The highest BCUT2D eigenvalue weighted by Gasteiger charge is 2.07. The minimum absolute atomic E-state index is 0.118. The molecule has 0 fully saturated rings. The first-order chi connectivity index (χ1) is 8.27. The fourth-order valence-corrected chi connectivity index (χ4v) is 2.29. The molecule has 0 aliphatic carbocycles. The fraction of sp³-hybridized carbons (Fsp3) is 0. The summed E-state index contributed by atoms with van der Waals surface area (Å²) >= 11 is 0. The van der Waals surface area contributed by atoms with E-state index < -0.39 is 0 Å². The third-order valence-electron chi connectivity index (χ3n) is 3.08. The van der Waals surface area contributed by atoms with Gasteiger partial charge in [0.05, 0.1) is 0 Å². The predicted octanol–water partition coefficient (Wildman–Crippen LogP) is 4.52. The molecule has 0 atom stereocenters. The second-order valence-electron chi connectivity index (χ2n) is 4.14. The number of hydrogen-bond donors (Lipinski definition) is 1. The van der Waals surface area contributed by atoms with Crippen LogP contribution >= 0.6 is 0 Å². The Morgan fingerprint density at radius 2 is 1.41 bits per heavy atom. The van der Waals surface area contributed by atoms with Gasteiger partial charge in [0.25, 0.3) is 0 Å². The molecule has 1 heteroatoms. The molecule has 0 radical (unpaired) electrons. The lowest BCUT2D eigenvalue weighted by Gasteiger charge is -2.09. The van der Waals surface area contributed by atoms with Crippen LogP contribution in [0.2, 0.25) is 0 Å². The van der Waals surface area contributed by atoms with Crippen LogP contribution in [0, 0.1) is 0 Å². The number of hydrogen-bond acceptors (Lipinski definition) is 1. The zero-order valence-electron chi connectivity index (χ0n) is 9.35. The molecule has 3 aromatic carbocycles. The van der Waals surface area contributed by atoms with Crippen LogP contribution in [0.25, 0.3) is 27.3 Å². The van der Waals surface area contributed by atoms with Crippen LogP contribution in [0.4, 0.5) is 0 Å². The van der Waals surface area contributed by atoms with E-state index >= 15 is 0 Å². The Hall–Kier alpha value is -2.28. The molecule has 0 aliphatic heterocycles. The van der Waals surface area contributed by atoms with E-state index in [1.807, 2.05) is 42.5 Å². The molecule has 0 aliphatic rings. The van der Waals surface area contributed by atoms with Crippen molar-refractivity contribution in [2.75, 3.05) is 0 Å². The van der Waals surface area contributed by atoms with Gasteiger partial charge in [-0.2, -0.15) is 0 Å². The van der Waals surface area contributed by atoms with E-state index in [2.05, 4.69) is 18.7 Å². The molecule has 1 nitrogen and oxygen atoms in total. The third-order valence-corrected chi connectivity index (χ3v) is 3.08. The molecule has 0 bridgehead atoms. The van der Waals surface area contributed by atoms with Gasteiger partial charge in [0.15, 0.2) is 0 Å². The lowest BCUT2D eigenvalue weighted by atomic mass is 9.97. The largest absolute Gasteiger partial charge is 0.508 e. The number of benzene rings is 3. The summed E-state index contributed by atoms with van der Waals surface area (Å²) in [5.41, 5.74) is 0.805. The van der Waals surface area contributed by atoms with E-state index in [4.69, 9.17) is 0 Å². The van der Waals surface area contributed by atoms with Gasteiger partial charge in [-0.3, -0.25) is 0 Å². The first kappa shape index (κ1) is 9.91. The van der Waals surface area contributed by atoms with E-state index in [1.54, 1.807) is 0 Å². The first-order valence-electron chi connectivity index (χ1n) is 5.56. The predicted molar refractivity (Wildman–Crippen MR) is 73.1 cm³/mol.